The number of Topliss-reactive ketones (excluding diaryl/α,β-unsaturated/α-hetero) is 1. The van der Waals surface area contributed by atoms with E-state index in [9.17, 15) is 9.59 Å². The predicted molar refractivity (Wildman–Crippen MR) is 54.8 cm³/mol. The molecule has 2 atom stereocenters. The summed E-state index contributed by atoms with van der Waals surface area (Å²) in [7, 11) is 1.64. The van der Waals surface area contributed by atoms with Crippen LogP contribution in [-0.4, -0.2) is 18.7 Å². The smallest absolute Gasteiger partial charge is 0.223 e. The van der Waals surface area contributed by atoms with Gasteiger partial charge in [-0.1, -0.05) is 19.8 Å². The third-order valence-corrected chi connectivity index (χ3v) is 3.11. The monoisotopic (exact) mass is 197 g/mol. The minimum absolute atomic E-state index is 0.0197. The van der Waals surface area contributed by atoms with Crippen molar-refractivity contribution in [3.8, 4) is 0 Å². The first-order valence-corrected chi connectivity index (χ1v) is 5.45. The average molecular weight is 197 g/mol. The van der Waals surface area contributed by atoms with E-state index >= 15 is 0 Å². The lowest BCUT2D eigenvalue weighted by atomic mass is 9.76. The summed E-state index contributed by atoms with van der Waals surface area (Å²) in [5.41, 5.74) is 0. The van der Waals surface area contributed by atoms with Gasteiger partial charge in [0.15, 0.2) is 0 Å². The summed E-state index contributed by atoms with van der Waals surface area (Å²) in [6, 6.07) is 0. The molecule has 1 fully saturated rings. The van der Waals surface area contributed by atoms with E-state index in [2.05, 4.69) is 5.32 Å². The van der Waals surface area contributed by atoms with E-state index in [0.717, 1.165) is 25.7 Å². The number of nitrogens with one attached hydrogen (secondary N) is 1. The Balaban J connectivity index is 2.68. The SMILES string of the molecule is CCC(=O)[C@@H]1CCCC[C@@H]1C(=O)NC. The number of carbonyl (C=O) groups excluding carboxylic acids is 2. The molecule has 3 heteroatoms. The molecule has 0 spiro atoms. The van der Waals surface area contributed by atoms with E-state index in [-0.39, 0.29) is 23.5 Å². The Kier molecular flexibility index (Phi) is 4.11. The van der Waals surface area contributed by atoms with Crippen molar-refractivity contribution in [3.63, 3.8) is 0 Å². The van der Waals surface area contributed by atoms with Gasteiger partial charge in [-0.3, -0.25) is 9.59 Å². The highest BCUT2D eigenvalue weighted by Crippen LogP contribution is 2.31. The van der Waals surface area contributed by atoms with Gasteiger partial charge in [0.25, 0.3) is 0 Å². The van der Waals surface area contributed by atoms with Gasteiger partial charge in [0, 0.05) is 25.3 Å². The lowest BCUT2D eigenvalue weighted by Gasteiger charge is -2.28. The Morgan fingerprint density at radius 3 is 2.29 bits per heavy atom. The highest BCUT2D eigenvalue weighted by Gasteiger charge is 2.33. The molecule has 0 saturated heterocycles. The first-order chi connectivity index (χ1) is 6.70. The van der Waals surface area contributed by atoms with Gasteiger partial charge >= 0.3 is 0 Å². The summed E-state index contributed by atoms with van der Waals surface area (Å²) >= 11 is 0. The van der Waals surface area contributed by atoms with E-state index in [4.69, 9.17) is 0 Å². The molecule has 1 saturated carbocycles. The zero-order valence-corrected chi connectivity index (χ0v) is 9.01. The van der Waals surface area contributed by atoms with E-state index in [1.165, 1.54) is 0 Å². The van der Waals surface area contributed by atoms with Crippen LogP contribution in [0, 0.1) is 11.8 Å². The van der Waals surface area contributed by atoms with Gasteiger partial charge in [-0.25, -0.2) is 0 Å². The molecule has 1 aliphatic carbocycles. The van der Waals surface area contributed by atoms with Crippen molar-refractivity contribution in [2.75, 3.05) is 7.05 Å². The van der Waals surface area contributed by atoms with Gasteiger partial charge in [0.05, 0.1) is 0 Å². The molecule has 1 amide bonds. The fourth-order valence-electron chi connectivity index (χ4n) is 2.28. The fourth-order valence-corrected chi connectivity index (χ4v) is 2.28. The van der Waals surface area contributed by atoms with Crippen molar-refractivity contribution in [2.24, 2.45) is 11.8 Å². The standard InChI is InChI=1S/C11H19NO2/c1-3-10(13)8-6-4-5-7-9(8)11(14)12-2/h8-9H,3-7H2,1-2H3,(H,12,14)/t8-,9+/m1/s1. The van der Waals surface area contributed by atoms with Crippen molar-refractivity contribution in [1.29, 1.82) is 0 Å². The summed E-state index contributed by atoms with van der Waals surface area (Å²) in [6.45, 7) is 1.87. The maximum atomic E-state index is 11.6. The molecule has 0 unspecified atom stereocenters. The molecule has 0 bridgehead atoms. The fraction of sp³-hybridized carbons (Fsp3) is 0.818. The first kappa shape index (κ1) is 11.2. The number of rotatable bonds is 3. The van der Waals surface area contributed by atoms with Crippen LogP contribution >= 0.6 is 0 Å². The largest absolute Gasteiger partial charge is 0.359 e. The van der Waals surface area contributed by atoms with Crippen LogP contribution in [-0.2, 0) is 9.59 Å². The van der Waals surface area contributed by atoms with Crippen LogP contribution in [0.2, 0.25) is 0 Å². The van der Waals surface area contributed by atoms with Gasteiger partial charge in [-0.05, 0) is 12.8 Å². The Hall–Kier alpha value is -0.860. The lowest BCUT2D eigenvalue weighted by Crippen LogP contribution is -2.38. The minimum Gasteiger partial charge on any atom is -0.359 e. The summed E-state index contributed by atoms with van der Waals surface area (Å²) in [5, 5.41) is 2.65. The van der Waals surface area contributed by atoms with Crippen molar-refractivity contribution >= 4 is 11.7 Å². The number of carbonyl (C=O) groups is 2. The molecule has 1 rings (SSSR count). The second-order valence-electron chi connectivity index (χ2n) is 3.93. The molecule has 1 aliphatic rings. The van der Waals surface area contributed by atoms with Gasteiger partial charge in [0.1, 0.15) is 5.78 Å². The minimum atomic E-state index is -0.0683. The van der Waals surface area contributed by atoms with Gasteiger partial charge < -0.3 is 5.32 Å². The van der Waals surface area contributed by atoms with E-state index < -0.39 is 0 Å². The Morgan fingerprint density at radius 1 is 1.21 bits per heavy atom. The van der Waals surface area contributed by atoms with Crippen LogP contribution in [0.15, 0.2) is 0 Å². The molecule has 0 radical (unpaired) electrons. The quantitative estimate of drug-likeness (QED) is 0.745. The summed E-state index contributed by atoms with van der Waals surface area (Å²) in [6.07, 6.45) is 4.48. The lowest BCUT2D eigenvalue weighted by molar-refractivity contribution is -0.134. The summed E-state index contributed by atoms with van der Waals surface area (Å²) in [5.74, 6) is 0.199. The molecule has 3 nitrogen and oxygen atoms in total. The first-order valence-electron chi connectivity index (χ1n) is 5.45. The molecule has 0 aromatic rings. The molecule has 0 heterocycles. The van der Waals surface area contributed by atoms with E-state index in [1.54, 1.807) is 7.05 Å². The van der Waals surface area contributed by atoms with Crippen LogP contribution in [0.5, 0.6) is 0 Å². The zero-order valence-electron chi connectivity index (χ0n) is 9.01. The number of hydrogen-bond donors (Lipinski definition) is 1. The Labute approximate surface area is 85.3 Å². The number of amides is 1. The van der Waals surface area contributed by atoms with Crippen molar-refractivity contribution < 1.29 is 9.59 Å². The topological polar surface area (TPSA) is 46.2 Å². The normalized spacial score (nSPS) is 27.0. The molecular weight excluding hydrogens is 178 g/mol. The van der Waals surface area contributed by atoms with Crippen LogP contribution in [0.25, 0.3) is 0 Å². The van der Waals surface area contributed by atoms with E-state index in [0.29, 0.717) is 6.42 Å². The highest BCUT2D eigenvalue weighted by atomic mass is 16.2. The molecule has 0 aromatic carbocycles. The van der Waals surface area contributed by atoms with Gasteiger partial charge in [0.2, 0.25) is 5.91 Å². The third kappa shape index (κ3) is 2.34. The second-order valence-corrected chi connectivity index (χ2v) is 3.93. The third-order valence-electron chi connectivity index (χ3n) is 3.11. The average Bonchev–Trinajstić information content (AvgIpc) is 2.27. The van der Waals surface area contributed by atoms with Gasteiger partial charge in [-0.15, -0.1) is 0 Å². The molecule has 14 heavy (non-hydrogen) atoms. The zero-order chi connectivity index (χ0) is 10.6. The molecular formula is C11H19NO2. The number of ketones is 1. The number of hydrogen-bond acceptors (Lipinski definition) is 2. The van der Waals surface area contributed by atoms with Crippen LogP contribution < -0.4 is 5.32 Å². The predicted octanol–water partition coefficient (Wildman–Crippen LogP) is 1.52. The molecule has 0 aliphatic heterocycles. The van der Waals surface area contributed by atoms with Crippen LogP contribution in [0.3, 0.4) is 0 Å². The van der Waals surface area contributed by atoms with Crippen molar-refractivity contribution in [2.45, 2.75) is 39.0 Å². The van der Waals surface area contributed by atoms with Crippen molar-refractivity contribution in [1.82, 2.24) is 5.32 Å². The van der Waals surface area contributed by atoms with E-state index in [1.807, 2.05) is 6.92 Å². The molecule has 80 valence electrons. The maximum Gasteiger partial charge on any atom is 0.223 e. The maximum absolute atomic E-state index is 11.6. The Bertz CT molecular complexity index is 201. The van der Waals surface area contributed by atoms with Crippen LogP contribution in [0.1, 0.15) is 39.0 Å². The second kappa shape index (κ2) is 5.13. The summed E-state index contributed by atoms with van der Waals surface area (Å²) in [4.78, 5) is 23.2. The Morgan fingerprint density at radius 2 is 1.79 bits per heavy atom. The van der Waals surface area contributed by atoms with Crippen LogP contribution in [0.4, 0.5) is 0 Å². The molecule has 1 N–H and O–H groups in total. The van der Waals surface area contributed by atoms with Gasteiger partial charge in [-0.2, -0.15) is 0 Å². The molecule has 0 aromatic heterocycles. The highest BCUT2D eigenvalue weighted by molar-refractivity contribution is 5.88. The summed E-state index contributed by atoms with van der Waals surface area (Å²) < 4.78 is 0. The van der Waals surface area contributed by atoms with Crippen molar-refractivity contribution in [3.05, 3.63) is 0 Å².